The van der Waals surface area contributed by atoms with Crippen LogP contribution >= 0.6 is 11.8 Å². The molecule has 10 nitrogen and oxygen atoms in total. The first kappa shape index (κ1) is 29.2. The summed E-state index contributed by atoms with van der Waals surface area (Å²) in [6.07, 6.45) is -0.519. The maximum atomic E-state index is 14.0. The predicted molar refractivity (Wildman–Crippen MR) is 134 cm³/mol. The molecule has 2 aromatic rings. The van der Waals surface area contributed by atoms with Crippen molar-refractivity contribution in [3.8, 4) is 0 Å². The largest absolute Gasteiger partial charge is 0.417 e. The molecule has 0 atom stereocenters. The van der Waals surface area contributed by atoms with Gasteiger partial charge in [0.1, 0.15) is 0 Å². The van der Waals surface area contributed by atoms with Crippen molar-refractivity contribution >= 4 is 44.3 Å². The van der Waals surface area contributed by atoms with E-state index in [4.69, 9.17) is 5.84 Å². The lowest BCUT2D eigenvalue weighted by Crippen LogP contribution is -2.55. The third-order valence-corrected chi connectivity index (χ3v) is 6.54. The Labute approximate surface area is 209 Å². The Morgan fingerprint density at radius 3 is 2.39 bits per heavy atom. The number of alkyl halides is 3. The first-order chi connectivity index (χ1) is 16.6. The van der Waals surface area contributed by atoms with Crippen LogP contribution in [0.2, 0.25) is 0 Å². The molecule has 0 fully saturated rings. The molecule has 198 valence electrons. The first-order valence-corrected chi connectivity index (χ1v) is 13.6. The molecule has 0 spiro atoms. The lowest BCUT2D eigenvalue weighted by molar-refractivity contribution is -0.137. The maximum Gasteiger partial charge on any atom is 0.417 e. The smallest absolute Gasteiger partial charge is 0.308 e. The fourth-order valence-corrected chi connectivity index (χ4v) is 4.59. The number of thioether (sulfide) groups is 1. The molecule has 0 saturated carbocycles. The number of nitrogens with two attached hydrogens (primary N) is 1. The highest BCUT2D eigenvalue weighted by molar-refractivity contribution is 7.98. The van der Waals surface area contributed by atoms with Gasteiger partial charge < -0.3 is 9.99 Å². The molecule has 15 heteroatoms. The van der Waals surface area contributed by atoms with Gasteiger partial charge in [-0.3, -0.25) is 9.59 Å². The van der Waals surface area contributed by atoms with E-state index in [2.05, 4.69) is 11.6 Å². The van der Waals surface area contributed by atoms with Crippen LogP contribution in [0.5, 0.6) is 0 Å². The van der Waals surface area contributed by atoms with Gasteiger partial charge in [-0.05, 0) is 38.3 Å². The number of rotatable bonds is 9. The van der Waals surface area contributed by atoms with Gasteiger partial charge in [0.25, 0.3) is 21.5 Å². The Morgan fingerprint density at radius 2 is 1.92 bits per heavy atom. The SMILES string of the molecule is C=C/C=C(/c1cc2c(=O)n(N(C(=O)CCSC)S(C)(=O)=O)c(=O)[nH]c2cc1C(F)(F)F)N(N)C(C)C. The molecule has 0 bridgehead atoms. The van der Waals surface area contributed by atoms with Crippen LogP contribution in [0.1, 0.15) is 31.4 Å². The summed E-state index contributed by atoms with van der Waals surface area (Å²) in [4.78, 5) is 40.8. The Hall–Kier alpha value is -3.04. The summed E-state index contributed by atoms with van der Waals surface area (Å²) in [5, 5.41) is 0.563. The topological polar surface area (TPSA) is 139 Å². The average Bonchev–Trinajstić information content (AvgIpc) is 2.76. The van der Waals surface area contributed by atoms with E-state index in [1.54, 1.807) is 20.1 Å². The molecule has 1 aromatic heterocycles. The summed E-state index contributed by atoms with van der Waals surface area (Å²) >= 11 is 1.23. The van der Waals surface area contributed by atoms with E-state index in [1.165, 1.54) is 23.9 Å². The number of aromatic amines is 1. The molecule has 36 heavy (non-hydrogen) atoms. The summed E-state index contributed by atoms with van der Waals surface area (Å²) in [6, 6.07) is 0.940. The number of carbonyl (C=O) groups excluding carboxylic acids is 1. The van der Waals surface area contributed by atoms with Gasteiger partial charge in [0.05, 0.1) is 28.4 Å². The number of amides is 1. The number of benzene rings is 1. The van der Waals surface area contributed by atoms with Gasteiger partial charge in [-0.25, -0.2) is 19.1 Å². The summed E-state index contributed by atoms with van der Waals surface area (Å²) in [5.74, 6) is 5.13. The molecule has 1 amide bonds. The molecular formula is C21H26F3N5O5S2. The number of nitrogens with one attached hydrogen (secondary N) is 1. The number of fused-ring (bicyclic) bond motifs is 1. The number of H-pyrrole nitrogens is 1. The van der Waals surface area contributed by atoms with Crippen molar-refractivity contribution in [3.05, 3.63) is 62.8 Å². The molecule has 0 aliphatic rings. The van der Waals surface area contributed by atoms with Gasteiger partial charge in [-0.2, -0.15) is 24.9 Å². The number of hydrazine groups is 1. The third-order valence-electron chi connectivity index (χ3n) is 4.94. The van der Waals surface area contributed by atoms with Crippen LogP contribution in [0, 0.1) is 0 Å². The van der Waals surface area contributed by atoms with Crippen LogP contribution in [0.15, 0.2) is 40.5 Å². The predicted octanol–water partition coefficient (Wildman–Crippen LogP) is 2.00. The van der Waals surface area contributed by atoms with E-state index in [1.807, 2.05) is 0 Å². The van der Waals surface area contributed by atoms with Crippen molar-refractivity contribution in [2.24, 2.45) is 5.84 Å². The van der Waals surface area contributed by atoms with Crippen molar-refractivity contribution in [3.63, 3.8) is 0 Å². The highest BCUT2D eigenvalue weighted by Crippen LogP contribution is 2.37. The zero-order valence-electron chi connectivity index (χ0n) is 19.9. The summed E-state index contributed by atoms with van der Waals surface area (Å²) in [6.45, 7) is 6.74. The second-order valence-electron chi connectivity index (χ2n) is 7.92. The first-order valence-electron chi connectivity index (χ1n) is 10.4. The Kier molecular flexibility index (Phi) is 8.86. The van der Waals surface area contributed by atoms with Gasteiger partial charge in [-0.1, -0.05) is 12.7 Å². The minimum Gasteiger partial charge on any atom is -0.308 e. The lowest BCUT2D eigenvalue weighted by Gasteiger charge is -2.28. The highest BCUT2D eigenvalue weighted by Gasteiger charge is 2.36. The van der Waals surface area contributed by atoms with E-state index < -0.39 is 61.4 Å². The van der Waals surface area contributed by atoms with Gasteiger partial charge >= 0.3 is 11.9 Å². The van der Waals surface area contributed by atoms with Gasteiger partial charge in [0, 0.05) is 23.8 Å². The van der Waals surface area contributed by atoms with E-state index in [-0.39, 0.29) is 27.0 Å². The molecule has 0 aliphatic heterocycles. The van der Waals surface area contributed by atoms with Crippen molar-refractivity contribution in [2.45, 2.75) is 32.5 Å². The van der Waals surface area contributed by atoms with Crippen molar-refractivity contribution < 1.29 is 26.4 Å². The van der Waals surface area contributed by atoms with Crippen LogP contribution in [-0.2, 0) is 21.0 Å². The zero-order valence-corrected chi connectivity index (χ0v) is 21.6. The number of allylic oxidation sites excluding steroid dienone is 2. The van der Waals surface area contributed by atoms with Gasteiger partial charge in [0.15, 0.2) is 0 Å². The van der Waals surface area contributed by atoms with Crippen molar-refractivity contribution in [2.75, 3.05) is 22.7 Å². The molecule has 0 aliphatic carbocycles. The number of nitrogens with zero attached hydrogens (tertiary/aromatic N) is 3. The molecule has 0 saturated heterocycles. The molecule has 2 rings (SSSR count). The summed E-state index contributed by atoms with van der Waals surface area (Å²) in [7, 11) is -4.47. The number of sulfonamides is 1. The van der Waals surface area contributed by atoms with Crippen LogP contribution < -0.4 is 21.5 Å². The minimum atomic E-state index is -4.92. The molecule has 1 heterocycles. The summed E-state index contributed by atoms with van der Waals surface area (Å²) < 4.78 is 66.9. The molecule has 0 unspecified atom stereocenters. The molecular weight excluding hydrogens is 523 g/mol. The van der Waals surface area contributed by atoms with Crippen LogP contribution in [0.25, 0.3) is 16.6 Å². The second kappa shape index (κ2) is 10.9. The van der Waals surface area contributed by atoms with E-state index in [0.717, 1.165) is 11.1 Å². The van der Waals surface area contributed by atoms with Gasteiger partial charge in [-0.15, -0.1) is 9.09 Å². The fraction of sp³-hybridized carbons (Fsp3) is 0.381. The van der Waals surface area contributed by atoms with Gasteiger partial charge in [0.2, 0.25) is 0 Å². The minimum absolute atomic E-state index is 0.0189. The van der Waals surface area contributed by atoms with E-state index >= 15 is 0 Å². The van der Waals surface area contributed by atoms with Crippen LogP contribution in [0.3, 0.4) is 0 Å². The normalized spacial score (nSPS) is 12.8. The average molecular weight is 550 g/mol. The maximum absolute atomic E-state index is 14.0. The zero-order chi connectivity index (χ0) is 27.6. The standard InChI is InChI=1S/C21H26F3N5O5S2/c1-6-7-17(27(25)12(2)3)13-10-14-16(11-15(13)21(22,23)24)26-20(32)28(19(14)31)29(36(5,33)34)18(30)8-9-35-4/h6-7,10-12H,1,8-9,25H2,2-5H3,(H,26,32)/b17-7-. The quantitative estimate of drug-likeness (QED) is 0.275. The second-order valence-corrected chi connectivity index (χ2v) is 10.7. The number of carbonyl (C=O) groups is 1. The fourth-order valence-electron chi connectivity index (χ4n) is 3.30. The van der Waals surface area contributed by atoms with E-state index in [9.17, 15) is 36.0 Å². The molecule has 0 radical (unpaired) electrons. The lowest BCUT2D eigenvalue weighted by atomic mass is 9.99. The monoisotopic (exact) mass is 549 g/mol. The molecule has 1 aromatic carbocycles. The number of hydrogen-bond donors (Lipinski definition) is 2. The Bertz CT molecular complexity index is 1430. The number of halogens is 3. The highest BCUT2D eigenvalue weighted by atomic mass is 32.2. The Balaban J connectivity index is 3.03. The third kappa shape index (κ3) is 6.02. The van der Waals surface area contributed by atoms with E-state index in [0.29, 0.717) is 12.3 Å². The van der Waals surface area contributed by atoms with Crippen molar-refractivity contribution in [1.29, 1.82) is 0 Å². The Morgan fingerprint density at radius 1 is 1.31 bits per heavy atom. The number of hydrogen-bond acceptors (Lipinski definition) is 8. The summed E-state index contributed by atoms with van der Waals surface area (Å²) in [5.41, 5.74) is -5.07. The molecule has 3 N–H and O–H groups in total. The van der Waals surface area contributed by atoms with Crippen LogP contribution in [0.4, 0.5) is 13.2 Å². The van der Waals surface area contributed by atoms with Crippen molar-refractivity contribution in [1.82, 2.24) is 14.7 Å². The number of aromatic nitrogens is 2. The van der Waals surface area contributed by atoms with Crippen LogP contribution in [-0.4, -0.2) is 53.3 Å².